The van der Waals surface area contributed by atoms with E-state index in [-0.39, 0.29) is 0 Å². The Hall–Kier alpha value is -2.02. The molecule has 1 aliphatic heterocycles. The molecule has 2 heterocycles. The van der Waals surface area contributed by atoms with E-state index in [2.05, 4.69) is 15.3 Å². The van der Waals surface area contributed by atoms with Gasteiger partial charge in [0.25, 0.3) is 0 Å². The van der Waals surface area contributed by atoms with E-state index in [1.807, 2.05) is 18.2 Å². The highest BCUT2D eigenvalue weighted by Gasteiger charge is 2.21. The number of methoxy groups -OCH3 is 1. The Labute approximate surface area is 150 Å². The number of nitrogens with one attached hydrogen (secondary N) is 1. The number of hydrogen-bond acceptors (Lipinski definition) is 6. The number of aliphatic imine (C=N–C) groups is 1. The number of pyridine rings is 1. The van der Waals surface area contributed by atoms with Crippen LogP contribution in [0.2, 0.25) is 10.0 Å². The normalized spacial score (nSPS) is 13.8. The first-order chi connectivity index (χ1) is 11.7. The molecule has 1 aliphatic rings. The molecule has 1 aromatic heterocycles. The summed E-state index contributed by atoms with van der Waals surface area (Å²) in [4.78, 5) is 14.4. The molecule has 0 atom stereocenters. The van der Waals surface area contributed by atoms with Crippen molar-refractivity contribution >= 4 is 34.8 Å². The average molecular weight is 367 g/mol. The first kappa shape index (κ1) is 16.8. The van der Waals surface area contributed by atoms with Gasteiger partial charge in [-0.2, -0.15) is 0 Å². The Balaban J connectivity index is 1.70. The third-order valence-electron chi connectivity index (χ3n) is 3.41. The van der Waals surface area contributed by atoms with Gasteiger partial charge in [-0.05, 0) is 24.3 Å². The molecule has 3 rings (SSSR count). The van der Waals surface area contributed by atoms with Crippen molar-refractivity contribution in [3.8, 4) is 5.75 Å². The van der Waals surface area contributed by atoms with Gasteiger partial charge < -0.3 is 10.1 Å². The number of guanidine groups is 1. The lowest BCUT2D eigenvalue weighted by molar-refractivity contribution is -0.104. The molecule has 0 fully saturated rings. The van der Waals surface area contributed by atoms with Gasteiger partial charge in [-0.1, -0.05) is 29.3 Å². The minimum absolute atomic E-state index is 0.348. The van der Waals surface area contributed by atoms with Crippen molar-refractivity contribution in [2.45, 2.75) is 6.61 Å². The predicted molar refractivity (Wildman–Crippen MR) is 94.7 cm³/mol. The standard InChI is InChI=1S/C16H16Cl2N4O2/c1-23-13-6-5-12(17)15(14(13)18)21-16-20-8-9-22(16)24-10-11-4-2-3-7-19-11/h2-7H,8-10H2,1H3,(H,20,21). The fraction of sp³-hybridized carbons (Fsp3) is 0.250. The van der Waals surface area contributed by atoms with E-state index in [4.69, 9.17) is 32.8 Å². The topological polar surface area (TPSA) is 59.0 Å². The van der Waals surface area contributed by atoms with Gasteiger partial charge in [0.1, 0.15) is 17.4 Å². The minimum Gasteiger partial charge on any atom is -0.495 e. The van der Waals surface area contributed by atoms with E-state index in [0.717, 1.165) is 5.69 Å². The van der Waals surface area contributed by atoms with Gasteiger partial charge in [0.2, 0.25) is 5.96 Å². The zero-order chi connectivity index (χ0) is 16.9. The van der Waals surface area contributed by atoms with Crippen LogP contribution in [0.1, 0.15) is 5.69 Å². The zero-order valence-corrected chi connectivity index (χ0v) is 14.5. The van der Waals surface area contributed by atoms with E-state index < -0.39 is 0 Å². The van der Waals surface area contributed by atoms with Gasteiger partial charge in [0.05, 0.1) is 36.6 Å². The number of ether oxygens (including phenoxy) is 1. The first-order valence-electron chi connectivity index (χ1n) is 7.33. The van der Waals surface area contributed by atoms with E-state index in [1.165, 1.54) is 0 Å². The fourth-order valence-corrected chi connectivity index (χ4v) is 2.75. The summed E-state index contributed by atoms with van der Waals surface area (Å²) in [6, 6.07) is 9.10. The number of hydrogen-bond donors (Lipinski definition) is 1. The summed E-state index contributed by atoms with van der Waals surface area (Å²) in [7, 11) is 1.55. The highest BCUT2D eigenvalue weighted by molar-refractivity contribution is 6.40. The molecule has 0 aliphatic carbocycles. The average Bonchev–Trinajstić information content (AvgIpc) is 3.05. The van der Waals surface area contributed by atoms with Gasteiger partial charge in [0.15, 0.2) is 0 Å². The van der Waals surface area contributed by atoms with Gasteiger partial charge >= 0.3 is 0 Å². The zero-order valence-electron chi connectivity index (χ0n) is 13.0. The highest BCUT2D eigenvalue weighted by atomic mass is 35.5. The maximum atomic E-state index is 6.32. The molecule has 8 heteroatoms. The van der Waals surface area contributed by atoms with Crippen LogP contribution in [-0.2, 0) is 11.4 Å². The largest absolute Gasteiger partial charge is 0.495 e. The number of benzene rings is 1. The van der Waals surface area contributed by atoms with Crippen LogP contribution in [0.4, 0.5) is 5.69 Å². The molecule has 24 heavy (non-hydrogen) atoms. The van der Waals surface area contributed by atoms with Crippen LogP contribution in [0.15, 0.2) is 41.5 Å². The minimum atomic E-state index is 0.348. The molecule has 0 radical (unpaired) electrons. The van der Waals surface area contributed by atoms with Crippen molar-refractivity contribution < 1.29 is 9.57 Å². The first-order valence-corrected chi connectivity index (χ1v) is 8.08. The van der Waals surface area contributed by atoms with Crippen molar-refractivity contribution in [2.75, 3.05) is 25.5 Å². The number of rotatable bonds is 5. The van der Waals surface area contributed by atoms with Gasteiger partial charge in [-0.15, -0.1) is 0 Å². The summed E-state index contributed by atoms with van der Waals surface area (Å²) in [6.07, 6.45) is 1.73. The van der Waals surface area contributed by atoms with Crippen LogP contribution in [0.5, 0.6) is 5.75 Å². The lowest BCUT2D eigenvalue weighted by Gasteiger charge is -2.21. The van der Waals surface area contributed by atoms with E-state index in [1.54, 1.807) is 30.5 Å². The summed E-state index contributed by atoms with van der Waals surface area (Å²) >= 11 is 12.5. The third kappa shape index (κ3) is 3.72. The Kier molecular flexibility index (Phi) is 5.40. The number of halogens is 2. The Morgan fingerprint density at radius 3 is 2.88 bits per heavy atom. The van der Waals surface area contributed by atoms with Gasteiger partial charge in [0, 0.05) is 6.20 Å². The second kappa shape index (κ2) is 7.70. The molecular formula is C16H16Cl2N4O2. The molecule has 2 aromatic rings. The maximum Gasteiger partial charge on any atom is 0.223 e. The van der Waals surface area contributed by atoms with E-state index in [9.17, 15) is 0 Å². The van der Waals surface area contributed by atoms with Crippen LogP contribution < -0.4 is 10.1 Å². The second-order valence-corrected chi connectivity index (χ2v) is 5.75. The van der Waals surface area contributed by atoms with Crippen molar-refractivity contribution in [1.29, 1.82) is 0 Å². The van der Waals surface area contributed by atoms with E-state index in [0.29, 0.717) is 47.1 Å². The number of aromatic nitrogens is 1. The number of hydroxylamine groups is 2. The van der Waals surface area contributed by atoms with Gasteiger partial charge in [-0.3, -0.25) is 9.82 Å². The van der Waals surface area contributed by atoms with E-state index >= 15 is 0 Å². The Morgan fingerprint density at radius 2 is 2.12 bits per heavy atom. The van der Waals surface area contributed by atoms with Gasteiger partial charge in [-0.25, -0.2) is 10.1 Å². The van der Waals surface area contributed by atoms with Crippen LogP contribution in [-0.4, -0.2) is 36.2 Å². The number of anilines is 1. The lowest BCUT2D eigenvalue weighted by Crippen LogP contribution is -2.33. The summed E-state index contributed by atoms with van der Waals surface area (Å²) < 4.78 is 5.21. The molecule has 0 unspecified atom stereocenters. The van der Waals surface area contributed by atoms with Crippen LogP contribution in [0.25, 0.3) is 0 Å². The quantitative estimate of drug-likeness (QED) is 0.875. The molecule has 1 aromatic carbocycles. The maximum absolute atomic E-state index is 6.32. The summed E-state index contributed by atoms with van der Waals surface area (Å²) in [5, 5.41) is 5.66. The monoisotopic (exact) mass is 366 g/mol. The lowest BCUT2D eigenvalue weighted by atomic mass is 10.3. The molecule has 6 nitrogen and oxygen atoms in total. The number of nitrogens with zero attached hydrogens (tertiary/aromatic N) is 3. The molecular weight excluding hydrogens is 351 g/mol. The van der Waals surface area contributed by atoms with Crippen LogP contribution in [0, 0.1) is 0 Å². The molecule has 1 N–H and O–H groups in total. The summed E-state index contributed by atoms with van der Waals surface area (Å²) in [6.45, 7) is 1.60. The second-order valence-electron chi connectivity index (χ2n) is 4.97. The summed E-state index contributed by atoms with van der Waals surface area (Å²) in [5.41, 5.74) is 1.37. The van der Waals surface area contributed by atoms with Crippen LogP contribution >= 0.6 is 23.2 Å². The molecule has 0 bridgehead atoms. The SMILES string of the molecule is COc1ccc(Cl)c(NC2=NCCN2OCc2ccccn2)c1Cl. The third-order valence-corrected chi connectivity index (χ3v) is 4.10. The molecule has 126 valence electrons. The Bertz CT molecular complexity index is 740. The van der Waals surface area contributed by atoms with Crippen molar-refractivity contribution in [3.63, 3.8) is 0 Å². The molecule has 0 spiro atoms. The predicted octanol–water partition coefficient (Wildman–Crippen LogP) is 3.61. The van der Waals surface area contributed by atoms with Crippen LogP contribution in [0.3, 0.4) is 0 Å². The molecule has 0 saturated carbocycles. The van der Waals surface area contributed by atoms with Crippen molar-refractivity contribution in [1.82, 2.24) is 10.0 Å². The summed E-state index contributed by atoms with van der Waals surface area (Å²) in [5.74, 6) is 1.08. The highest BCUT2D eigenvalue weighted by Crippen LogP contribution is 2.37. The molecule has 0 amide bonds. The smallest absolute Gasteiger partial charge is 0.223 e. The fourth-order valence-electron chi connectivity index (χ4n) is 2.20. The van der Waals surface area contributed by atoms with Crippen molar-refractivity contribution in [3.05, 3.63) is 52.3 Å². The Morgan fingerprint density at radius 1 is 1.25 bits per heavy atom. The molecule has 0 saturated heterocycles. The van der Waals surface area contributed by atoms with Crippen molar-refractivity contribution in [2.24, 2.45) is 4.99 Å².